The van der Waals surface area contributed by atoms with Gasteiger partial charge in [-0.1, -0.05) is 0 Å². The highest BCUT2D eigenvalue weighted by molar-refractivity contribution is 5.77. The third-order valence-electron chi connectivity index (χ3n) is 2.69. The number of carboxylic acid groups (broad SMARTS) is 2. The molecule has 110 valence electrons. The van der Waals surface area contributed by atoms with Gasteiger partial charge in [-0.25, -0.2) is 0 Å². The molecular formula is C11H21N3O5. The highest BCUT2D eigenvalue weighted by Gasteiger charge is 2.10. The summed E-state index contributed by atoms with van der Waals surface area (Å²) in [4.78, 5) is 32.0. The van der Waals surface area contributed by atoms with E-state index in [1.807, 2.05) is 0 Å². The van der Waals surface area contributed by atoms with E-state index in [4.69, 9.17) is 0 Å². The molecule has 0 aliphatic rings. The fraction of sp³-hybridized carbons (Fsp3) is 0.727. The molecule has 0 saturated carbocycles. The van der Waals surface area contributed by atoms with Crippen LogP contribution >= 0.6 is 0 Å². The zero-order valence-corrected chi connectivity index (χ0v) is 10.9. The summed E-state index contributed by atoms with van der Waals surface area (Å²) in [7, 11) is 0. The van der Waals surface area contributed by atoms with E-state index in [1.165, 1.54) is 0 Å². The number of carbonyl (C=O) groups is 3. The van der Waals surface area contributed by atoms with Gasteiger partial charge < -0.3 is 36.6 Å². The number of amides is 1. The third kappa shape index (κ3) is 8.97. The Morgan fingerprint density at radius 1 is 0.947 bits per heavy atom. The van der Waals surface area contributed by atoms with Gasteiger partial charge in [0.25, 0.3) is 0 Å². The Morgan fingerprint density at radius 3 is 2.00 bits per heavy atom. The second-order valence-corrected chi connectivity index (χ2v) is 4.42. The van der Waals surface area contributed by atoms with Gasteiger partial charge in [0, 0.05) is 25.8 Å². The molecule has 0 radical (unpaired) electrons. The molecule has 0 aliphatic heterocycles. The van der Waals surface area contributed by atoms with Gasteiger partial charge in [0.1, 0.15) is 12.1 Å². The Hall–Kier alpha value is -1.67. The molecule has 1 amide bonds. The monoisotopic (exact) mass is 275 g/mol. The summed E-state index contributed by atoms with van der Waals surface area (Å²) < 4.78 is 0. The highest BCUT2D eigenvalue weighted by atomic mass is 16.4. The first-order chi connectivity index (χ1) is 8.84. The molecule has 8 nitrogen and oxygen atoms in total. The molecule has 0 unspecified atom stereocenters. The predicted molar refractivity (Wildman–Crippen MR) is 59.5 cm³/mol. The fourth-order valence-corrected chi connectivity index (χ4v) is 1.37. The van der Waals surface area contributed by atoms with Gasteiger partial charge in [-0.15, -0.1) is 0 Å². The van der Waals surface area contributed by atoms with Crippen molar-refractivity contribution in [1.82, 2.24) is 5.32 Å². The minimum absolute atomic E-state index is 0.0825. The van der Waals surface area contributed by atoms with Crippen molar-refractivity contribution in [3.05, 3.63) is 0 Å². The quantitative estimate of drug-likeness (QED) is 0.338. The Bertz CT molecular complexity index is 321. The van der Waals surface area contributed by atoms with Crippen molar-refractivity contribution >= 4 is 17.8 Å². The van der Waals surface area contributed by atoms with Crippen LogP contribution in [-0.2, 0) is 14.4 Å². The molecule has 0 bridgehead atoms. The Kier molecular flexibility index (Phi) is 8.47. The lowest BCUT2D eigenvalue weighted by atomic mass is 10.1. The van der Waals surface area contributed by atoms with E-state index in [0.717, 1.165) is 0 Å². The molecule has 0 fully saturated rings. The van der Waals surface area contributed by atoms with Crippen LogP contribution in [0.2, 0.25) is 0 Å². The van der Waals surface area contributed by atoms with Crippen molar-refractivity contribution in [3.8, 4) is 0 Å². The van der Waals surface area contributed by atoms with Crippen molar-refractivity contribution in [3.63, 3.8) is 0 Å². The maximum atomic E-state index is 11.3. The molecule has 0 aromatic carbocycles. The molecular weight excluding hydrogens is 254 g/mol. The second kappa shape index (κ2) is 9.29. The lowest BCUT2D eigenvalue weighted by Crippen LogP contribution is -2.68. The van der Waals surface area contributed by atoms with Crippen molar-refractivity contribution in [2.75, 3.05) is 6.54 Å². The summed E-state index contributed by atoms with van der Waals surface area (Å²) in [5.41, 5.74) is 6.76. The molecule has 19 heavy (non-hydrogen) atoms. The molecule has 8 heteroatoms. The molecule has 0 spiro atoms. The van der Waals surface area contributed by atoms with Crippen molar-refractivity contribution in [1.29, 1.82) is 0 Å². The normalized spacial score (nSPS) is 13.6. The number of nitrogens with one attached hydrogen (secondary N) is 1. The van der Waals surface area contributed by atoms with E-state index >= 15 is 0 Å². The van der Waals surface area contributed by atoms with Crippen LogP contribution in [0.4, 0.5) is 0 Å². The van der Waals surface area contributed by atoms with Crippen LogP contribution in [0.3, 0.4) is 0 Å². The first-order valence-corrected chi connectivity index (χ1v) is 6.19. The third-order valence-corrected chi connectivity index (χ3v) is 2.69. The first-order valence-electron chi connectivity index (χ1n) is 6.19. The van der Waals surface area contributed by atoms with E-state index in [9.17, 15) is 24.6 Å². The second-order valence-electron chi connectivity index (χ2n) is 4.42. The molecule has 0 aliphatic carbocycles. The van der Waals surface area contributed by atoms with Gasteiger partial charge in [0.2, 0.25) is 5.91 Å². The lowest BCUT2D eigenvalue weighted by molar-refractivity contribution is -0.438. The van der Waals surface area contributed by atoms with Crippen LogP contribution < -0.4 is 27.0 Å². The van der Waals surface area contributed by atoms with E-state index < -0.39 is 24.0 Å². The number of hydrogen-bond donors (Lipinski definition) is 3. The smallest absolute Gasteiger partial charge is 0.220 e. The molecule has 0 aromatic rings. The van der Waals surface area contributed by atoms with Crippen LogP contribution in [0, 0.1) is 0 Å². The summed E-state index contributed by atoms with van der Waals surface area (Å²) in [6.45, 7) is 0.422. The van der Waals surface area contributed by atoms with Gasteiger partial charge in [-0.3, -0.25) is 4.79 Å². The first kappa shape index (κ1) is 17.3. The average molecular weight is 275 g/mol. The van der Waals surface area contributed by atoms with Gasteiger partial charge >= 0.3 is 0 Å². The van der Waals surface area contributed by atoms with E-state index in [0.29, 0.717) is 25.8 Å². The topological polar surface area (TPSA) is 165 Å². The number of unbranched alkanes of at least 4 members (excludes halogenated alkanes) is 1. The van der Waals surface area contributed by atoms with Gasteiger partial charge in [-0.05, 0) is 12.8 Å². The van der Waals surface area contributed by atoms with Gasteiger partial charge in [-0.2, -0.15) is 0 Å². The molecule has 7 N–H and O–H groups in total. The summed E-state index contributed by atoms with van der Waals surface area (Å²) in [6, 6.07) is -1.62. The number of hydrogen-bond acceptors (Lipinski definition) is 5. The summed E-state index contributed by atoms with van der Waals surface area (Å²) in [5, 5.41) is 23.4. The van der Waals surface area contributed by atoms with E-state index in [-0.39, 0.29) is 18.7 Å². The van der Waals surface area contributed by atoms with Crippen LogP contribution in [-0.4, -0.2) is 36.5 Å². The van der Waals surface area contributed by atoms with Crippen molar-refractivity contribution < 1.29 is 36.1 Å². The van der Waals surface area contributed by atoms with E-state index in [1.54, 1.807) is 0 Å². The van der Waals surface area contributed by atoms with Crippen LogP contribution in [0.5, 0.6) is 0 Å². The SMILES string of the molecule is [NH3+][C@@H](CCCCNC(=O)CC[C@H]([NH3+])C(=O)[O-])C(=O)[O-]. The Labute approximate surface area is 111 Å². The molecule has 2 atom stereocenters. The number of rotatable bonds is 10. The lowest BCUT2D eigenvalue weighted by Gasteiger charge is -2.10. The van der Waals surface area contributed by atoms with Crippen molar-refractivity contribution in [2.24, 2.45) is 0 Å². The van der Waals surface area contributed by atoms with Crippen molar-refractivity contribution in [2.45, 2.75) is 44.2 Å². The molecule has 0 heterocycles. The van der Waals surface area contributed by atoms with Crippen LogP contribution in [0.15, 0.2) is 0 Å². The molecule has 0 rings (SSSR count). The summed E-state index contributed by atoms with van der Waals surface area (Å²) in [6.07, 6.45) is 1.89. The minimum Gasteiger partial charge on any atom is -0.544 e. The maximum absolute atomic E-state index is 11.3. The number of carboxylic acids is 2. The van der Waals surface area contributed by atoms with Gasteiger partial charge in [0.15, 0.2) is 0 Å². The number of carbonyl (C=O) groups excluding carboxylic acids is 3. The maximum Gasteiger partial charge on any atom is 0.220 e. The Balaban J connectivity index is 3.54. The highest BCUT2D eigenvalue weighted by Crippen LogP contribution is 1.97. The standard InChI is InChI=1S/C11H21N3O5/c12-7(10(16)17)3-1-2-6-14-9(15)5-4-8(13)11(18)19/h7-8H,1-6,12-13H2,(H,14,15)(H,16,17)(H,18,19)/t7-,8-/m0/s1. The summed E-state index contributed by atoms with van der Waals surface area (Å²) >= 11 is 0. The van der Waals surface area contributed by atoms with Crippen LogP contribution in [0.1, 0.15) is 32.1 Å². The van der Waals surface area contributed by atoms with Gasteiger partial charge in [0.05, 0.1) is 11.9 Å². The van der Waals surface area contributed by atoms with Crippen LogP contribution in [0.25, 0.3) is 0 Å². The number of aliphatic carboxylic acids is 2. The zero-order chi connectivity index (χ0) is 14.8. The molecule has 0 saturated heterocycles. The van der Waals surface area contributed by atoms with E-state index in [2.05, 4.69) is 16.8 Å². The Morgan fingerprint density at radius 2 is 1.47 bits per heavy atom. The minimum atomic E-state index is -1.27. The predicted octanol–water partition coefficient (Wildman–Crippen LogP) is -5.23. The average Bonchev–Trinajstić information content (AvgIpc) is 2.34. The largest absolute Gasteiger partial charge is 0.544 e. The fourth-order valence-electron chi connectivity index (χ4n) is 1.37. The number of quaternary nitrogens is 2. The molecule has 0 aromatic heterocycles. The summed E-state index contributed by atoms with van der Waals surface area (Å²) in [5.74, 6) is -2.69. The zero-order valence-electron chi connectivity index (χ0n) is 10.9.